The fourth-order valence-corrected chi connectivity index (χ4v) is 4.85. The topological polar surface area (TPSA) is 44.7 Å². The molecular formula is C19H25ClFN3OS. The second kappa shape index (κ2) is 9.09. The Morgan fingerprint density at radius 3 is 2.81 bits per heavy atom. The van der Waals surface area contributed by atoms with Crippen LogP contribution >= 0.6 is 23.4 Å². The Morgan fingerprint density at radius 1 is 1.35 bits per heavy atom. The van der Waals surface area contributed by atoms with Crippen LogP contribution in [0, 0.1) is 5.82 Å². The molecule has 142 valence electrons. The van der Waals surface area contributed by atoms with E-state index >= 15 is 0 Å². The van der Waals surface area contributed by atoms with Crippen LogP contribution < -0.4 is 5.32 Å². The van der Waals surface area contributed by atoms with Gasteiger partial charge >= 0.3 is 0 Å². The number of rotatable bonds is 4. The van der Waals surface area contributed by atoms with Crippen LogP contribution in [-0.2, 0) is 4.79 Å². The van der Waals surface area contributed by atoms with Crippen molar-refractivity contribution in [1.82, 2.24) is 4.90 Å². The van der Waals surface area contributed by atoms with Gasteiger partial charge in [0.15, 0.2) is 5.17 Å². The summed E-state index contributed by atoms with van der Waals surface area (Å²) in [6, 6.07) is 4.64. The van der Waals surface area contributed by atoms with Crippen molar-refractivity contribution in [3.8, 4) is 0 Å². The van der Waals surface area contributed by atoms with Gasteiger partial charge in [-0.1, -0.05) is 49.0 Å². The molecule has 0 spiro atoms. The average Bonchev–Trinajstić information content (AvgIpc) is 2.80. The molecule has 3 rings (SSSR count). The Labute approximate surface area is 163 Å². The van der Waals surface area contributed by atoms with Crippen LogP contribution in [0.3, 0.4) is 0 Å². The lowest BCUT2D eigenvalue weighted by molar-refractivity contribution is -0.116. The molecule has 1 aromatic rings. The van der Waals surface area contributed by atoms with Crippen molar-refractivity contribution in [3.05, 3.63) is 29.0 Å². The van der Waals surface area contributed by atoms with Gasteiger partial charge in [0.2, 0.25) is 5.91 Å². The number of benzene rings is 1. The fourth-order valence-electron chi connectivity index (χ4n) is 3.42. The maximum Gasteiger partial charge on any atom is 0.226 e. The molecule has 2 fully saturated rings. The van der Waals surface area contributed by atoms with Crippen molar-refractivity contribution in [1.29, 1.82) is 0 Å². The van der Waals surface area contributed by atoms with E-state index in [0.717, 1.165) is 23.8 Å². The Bertz CT molecular complexity index is 677. The number of amidine groups is 1. The summed E-state index contributed by atoms with van der Waals surface area (Å²) < 4.78 is 13.8. The molecule has 1 heterocycles. The maximum atomic E-state index is 13.8. The third-order valence-corrected chi connectivity index (χ3v) is 6.43. The molecule has 2 aliphatic rings. The Balaban J connectivity index is 1.57. The number of nitrogens with one attached hydrogen (secondary N) is 1. The number of amides is 1. The minimum atomic E-state index is -0.479. The third-order valence-electron chi connectivity index (χ3n) is 5.00. The molecule has 1 atom stereocenters. The standard InChI is InChI=1S/C19H25ClFN3OS/c1-24-15(11-18(25)23-17-10-13(20)8-9-16(17)21)12-26-19(24)22-14-6-4-2-3-5-7-14/h8-10,14-15H,2-7,11-12H2,1H3,(H,23,25). The van der Waals surface area contributed by atoms with Crippen LogP contribution in [0.5, 0.6) is 0 Å². The highest BCUT2D eigenvalue weighted by Gasteiger charge is 2.30. The number of hydrogen-bond acceptors (Lipinski definition) is 3. The van der Waals surface area contributed by atoms with Crippen molar-refractivity contribution < 1.29 is 9.18 Å². The fraction of sp³-hybridized carbons (Fsp3) is 0.579. The molecule has 1 saturated carbocycles. The Kier molecular flexibility index (Phi) is 6.81. The van der Waals surface area contributed by atoms with Crippen LogP contribution in [0.15, 0.2) is 23.2 Å². The predicted octanol–water partition coefficient (Wildman–Crippen LogP) is 4.93. The van der Waals surface area contributed by atoms with Crippen molar-refractivity contribution >= 4 is 40.1 Å². The molecule has 1 N–H and O–H groups in total. The zero-order valence-electron chi connectivity index (χ0n) is 15.0. The zero-order valence-corrected chi connectivity index (χ0v) is 16.6. The van der Waals surface area contributed by atoms with Gasteiger partial charge < -0.3 is 10.2 Å². The molecule has 0 radical (unpaired) electrons. The molecule has 0 aromatic heterocycles. The largest absolute Gasteiger partial charge is 0.350 e. The summed E-state index contributed by atoms with van der Waals surface area (Å²) in [6.07, 6.45) is 7.77. The van der Waals surface area contributed by atoms with Crippen molar-refractivity contribution in [2.24, 2.45) is 4.99 Å². The van der Waals surface area contributed by atoms with Gasteiger partial charge in [0, 0.05) is 30.3 Å². The van der Waals surface area contributed by atoms with E-state index in [0.29, 0.717) is 17.5 Å². The predicted molar refractivity (Wildman–Crippen MR) is 108 cm³/mol. The molecule has 1 aliphatic carbocycles. The summed E-state index contributed by atoms with van der Waals surface area (Å²) in [7, 11) is 1.99. The van der Waals surface area contributed by atoms with Gasteiger partial charge in [-0.15, -0.1) is 0 Å². The van der Waals surface area contributed by atoms with Gasteiger partial charge in [-0.3, -0.25) is 9.79 Å². The number of anilines is 1. The summed E-state index contributed by atoms with van der Waals surface area (Å²) in [4.78, 5) is 19.4. The van der Waals surface area contributed by atoms with Crippen LogP contribution in [0.25, 0.3) is 0 Å². The van der Waals surface area contributed by atoms with Crippen LogP contribution in [0.4, 0.5) is 10.1 Å². The molecule has 0 bridgehead atoms. The molecule has 26 heavy (non-hydrogen) atoms. The van der Waals surface area contributed by atoms with E-state index < -0.39 is 5.82 Å². The average molecular weight is 398 g/mol. The highest BCUT2D eigenvalue weighted by Crippen LogP contribution is 2.28. The van der Waals surface area contributed by atoms with E-state index in [1.165, 1.54) is 43.9 Å². The second-order valence-electron chi connectivity index (χ2n) is 7.01. The van der Waals surface area contributed by atoms with Crippen LogP contribution in [0.2, 0.25) is 5.02 Å². The number of hydrogen-bond donors (Lipinski definition) is 1. The minimum Gasteiger partial charge on any atom is -0.350 e. The third kappa shape index (κ3) is 5.13. The second-order valence-corrected chi connectivity index (χ2v) is 8.43. The van der Waals surface area contributed by atoms with E-state index in [1.807, 2.05) is 7.05 Å². The molecule has 1 saturated heterocycles. The molecule has 7 heteroatoms. The number of halogens is 2. The van der Waals surface area contributed by atoms with E-state index in [1.54, 1.807) is 11.8 Å². The van der Waals surface area contributed by atoms with Crippen LogP contribution in [-0.4, -0.2) is 40.9 Å². The number of thioether (sulfide) groups is 1. The molecule has 1 aromatic carbocycles. The molecule has 1 amide bonds. The summed E-state index contributed by atoms with van der Waals surface area (Å²) in [5, 5.41) is 4.06. The van der Waals surface area contributed by atoms with Crippen molar-refractivity contribution in [2.45, 2.75) is 57.0 Å². The first-order chi connectivity index (χ1) is 12.5. The highest BCUT2D eigenvalue weighted by atomic mass is 35.5. The van der Waals surface area contributed by atoms with Gasteiger partial charge in [0.1, 0.15) is 5.82 Å². The van der Waals surface area contributed by atoms with E-state index in [4.69, 9.17) is 16.6 Å². The van der Waals surface area contributed by atoms with Gasteiger partial charge in [0.05, 0.1) is 11.7 Å². The van der Waals surface area contributed by atoms with E-state index in [2.05, 4.69) is 10.2 Å². The van der Waals surface area contributed by atoms with Crippen LogP contribution in [0.1, 0.15) is 44.9 Å². The lowest BCUT2D eigenvalue weighted by Gasteiger charge is -2.21. The van der Waals surface area contributed by atoms with Gasteiger partial charge in [-0.25, -0.2) is 4.39 Å². The summed E-state index contributed by atoms with van der Waals surface area (Å²) >= 11 is 7.59. The first-order valence-corrected chi connectivity index (χ1v) is 10.6. The Morgan fingerprint density at radius 2 is 2.08 bits per heavy atom. The number of carbonyl (C=O) groups is 1. The monoisotopic (exact) mass is 397 g/mol. The van der Waals surface area contributed by atoms with Gasteiger partial charge in [-0.2, -0.15) is 0 Å². The van der Waals surface area contributed by atoms with E-state index in [9.17, 15) is 9.18 Å². The normalized spacial score (nSPS) is 23.3. The molecule has 1 aliphatic heterocycles. The molecule has 1 unspecified atom stereocenters. The lowest BCUT2D eigenvalue weighted by Crippen LogP contribution is -2.34. The summed E-state index contributed by atoms with van der Waals surface area (Å²) in [6.45, 7) is 0. The summed E-state index contributed by atoms with van der Waals surface area (Å²) in [5.74, 6) is 0.139. The highest BCUT2D eigenvalue weighted by molar-refractivity contribution is 8.14. The quantitative estimate of drug-likeness (QED) is 0.732. The number of aliphatic imine (C=N–C) groups is 1. The van der Waals surface area contributed by atoms with Gasteiger partial charge in [0.25, 0.3) is 0 Å². The van der Waals surface area contributed by atoms with Gasteiger partial charge in [-0.05, 0) is 31.0 Å². The van der Waals surface area contributed by atoms with Crippen molar-refractivity contribution in [2.75, 3.05) is 18.1 Å². The lowest BCUT2D eigenvalue weighted by atomic mass is 10.1. The molecular weight excluding hydrogens is 373 g/mol. The minimum absolute atomic E-state index is 0.0757. The zero-order chi connectivity index (χ0) is 18.5. The maximum absolute atomic E-state index is 13.8. The smallest absolute Gasteiger partial charge is 0.226 e. The summed E-state index contributed by atoms with van der Waals surface area (Å²) in [5.41, 5.74) is 0.128. The Hall–Kier alpha value is -1.27. The number of carbonyl (C=O) groups excluding carboxylic acids is 1. The first kappa shape index (κ1) is 19.5. The van der Waals surface area contributed by atoms with Crippen molar-refractivity contribution in [3.63, 3.8) is 0 Å². The number of nitrogens with zero attached hydrogens (tertiary/aromatic N) is 2. The first-order valence-electron chi connectivity index (χ1n) is 9.21. The SMILES string of the molecule is CN1C(=NC2CCCCCC2)SCC1CC(=O)Nc1cc(Cl)ccc1F. The van der Waals surface area contributed by atoms with E-state index in [-0.39, 0.29) is 17.6 Å². The molecule has 4 nitrogen and oxygen atoms in total.